The number of aromatic nitrogens is 2. The quantitative estimate of drug-likeness (QED) is 0.806. The lowest BCUT2D eigenvalue weighted by Crippen LogP contribution is -2.51. The van der Waals surface area contributed by atoms with Crippen molar-refractivity contribution in [3.63, 3.8) is 0 Å². The average Bonchev–Trinajstić information content (AvgIpc) is 3.32. The maximum atomic E-state index is 9.63. The van der Waals surface area contributed by atoms with Crippen LogP contribution in [0.15, 0.2) is 6.07 Å². The predicted molar refractivity (Wildman–Crippen MR) is 103 cm³/mol. The Hall–Kier alpha value is -1.40. The molecule has 0 amide bonds. The molecule has 2 aliphatic heterocycles. The van der Waals surface area contributed by atoms with Crippen LogP contribution < -0.4 is 9.80 Å². The van der Waals surface area contributed by atoms with Crippen LogP contribution in [0.3, 0.4) is 0 Å². The summed E-state index contributed by atoms with van der Waals surface area (Å²) in [7, 11) is 2.14. The number of aliphatic hydroxyl groups is 1. The Morgan fingerprint density at radius 2 is 2.04 bits per heavy atom. The molecule has 144 valence electrons. The van der Waals surface area contributed by atoms with Gasteiger partial charge in [-0.25, -0.2) is 4.98 Å². The van der Waals surface area contributed by atoms with E-state index in [2.05, 4.69) is 22.9 Å². The van der Waals surface area contributed by atoms with Gasteiger partial charge in [-0.3, -0.25) is 0 Å². The summed E-state index contributed by atoms with van der Waals surface area (Å²) < 4.78 is 5.56. The van der Waals surface area contributed by atoms with Crippen molar-refractivity contribution in [2.45, 2.75) is 57.0 Å². The van der Waals surface area contributed by atoms with E-state index >= 15 is 0 Å². The lowest BCUT2D eigenvalue weighted by Gasteiger charge is -2.36. The molecule has 6 heteroatoms. The first-order valence-corrected chi connectivity index (χ1v) is 10.3. The van der Waals surface area contributed by atoms with Gasteiger partial charge in [-0.05, 0) is 25.2 Å². The topological polar surface area (TPSA) is 61.7 Å². The SMILES string of the molecule is CN(CCCC1CCCC1)c1cc([C@@H]2CCOC2)nc(N2CC(O)C2)n1. The highest BCUT2D eigenvalue weighted by molar-refractivity contribution is 5.47. The number of anilines is 2. The highest BCUT2D eigenvalue weighted by Gasteiger charge is 2.29. The summed E-state index contributed by atoms with van der Waals surface area (Å²) in [6.07, 6.45) is 9.03. The van der Waals surface area contributed by atoms with Gasteiger partial charge in [0, 0.05) is 45.3 Å². The van der Waals surface area contributed by atoms with Gasteiger partial charge >= 0.3 is 0 Å². The van der Waals surface area contributed by atoms with Crippen LogP contribution in [0.2, 0.25) is 0 Å². The van der Waals surface area contributed by atoms with Crippen molar-refractivity contribution in [1.82, 2.24) is 9.97 Å². The molecule has 26 heavy (non-hydrogen) atoms. The Morgan fingerprint density at radius 1 is 1.23 bits per heavy atom. The molecular formula is C20H32N4O2. The van der Waals surface area contributed by atoms with E-state index in [1.165, 1.54) is 38.5 Å². The maximum Gasteiger partial charge on any atom is 0.227 e. The van der Waals surface area contributed by atoms with Gasteiger partial charge in [-0.1, -0.05) is 25.7 Å². The molecule has 0 aromatic carbocycles. The van der Waals surface area contributed by atoms with Gasteiger partial charge in [0.2, 0.25) is 5.95 Å². The van der Waals surface area contributed by atoms with E-state index in [9.17, 15) is 5.11 Å². The zero-order chi connectivity index (χ0) is 17.9. The van der Waals surface area contributed by atoms with Crippen molar-refractivity contribution in [1.29, 1.82) is 0 Å². The number of hydrogen-bond acceptors (Lipinski definition) is 6. The molecule has 1 aromatic rings. The molecule has 3 fully saturated rings. The summed E-state index contributed by atoms with van der Waals surface area (Å²) >= 11 is 0. The Balaban J connectivity index is 1.44. The van der Waals surface area contributed by atoms with Gasteiger partial charge in [-0.2, -0.15) is 4.98 Å². The number of ether oxygens (including phenoxy) is 1. The molecule has 1 aromatic heterocycles. The van der Waals surface area contributed by atoms with Gasteiger partial charge in [0.1, 0.15) is 5.82 Å². The first-order chi connectivity index (χ1) is 12.7. The second kappa shape index (κ2) is 8.09. The van der Waals surface area contributed by atoms with Crippen molar-refractivity contribution in [3.8, 4) is 0 Å². The molecule has 1 N–H and O–H groups in total. The molecule has 4 rings (SSSR count). The molecule has 0 spiro atoms. The smallest absolute Gasteiger partial charge is 0.227 e. The fraction of sp³-hybridized carbons (Fsp3) is 0.800. The summed E-state index contributed by atoms with van der Waals surface area (Å²) in [5, 5.41) is 9.63. The van der Waals surface area contributed by atoms with E-state index < -0.39 is 0 Å². The van der Waals surface area contributed by atoms with Gasteiger partial charge in [-0.15, -0.1) is 0 Å². The zero-order valence-corrected chi connectivity index (χ0v) is 15.9. The van der Waals surface area contributed by atoms with Crippen molar-refractivity contribution < 1.29 is 9.84 Å². The molecule has 3 aliphatic rings. The van der Waals surface area contributed by atoms with Crippen molar-refractivity contribution in [2.24, 2.45) is 5.92 Å². The Labute approximate surface area is 156 Å². The first kappa shape index (κ1) is 18.0. The number of rotatable bonds is 7. The van der Waals surface area contributed by atoms with E-state index in [1.54, 1.807) is 0 Å². The summed E-state index contributed by atoms with van der Waals surface area (Å²) in [5.74, 6) is 3.08. The van der Waals surface area contributed by atoms with Crippen LogP contribution in [0, 0.1) is 5.92 Å². The number of aliphatic hydroxyl groups excluding tert-OH is 1. The minimum atomic E-state index is -0.246. The van der Waals surface area contributed by atoms with Gasteiger partial charge in [0.05, 0.1) is 18.4 Å². The summed E-state index contributed by atoms with van der Waals surface area (Å²) in [6, 6.07) is 2.15. The summed E-state index contributed by atoms with van der Waals surface area (Å²) in [6.45, 7) is 3.88. The number of β-amino-alcohol motifs (C(OH)–C–C–N with tert-alkyl or cyclic N) is 1. The van der Waals surface area contributed by atoms with Crippen molar-refractivity contribution in [3.05, 3.63) is 11.8 Å². The predicted octanol–water partition coefficient (Wildman–Crippen LogP) is 2.57. The van der Waals surface area contributed by atoms with Gasteiger partial charge < -0.3 is 19.6 Å². The highest BCUT2D eigenvalue weighted by atomic mass is 16.5. The van der Waals surface area contributed by atoms with Crippen LogP contribution in [-0.4, -0.2) is 61.1 Å². The normalized spacial score (nSPS) is 24.2. The minimum absolute atomic E-state index is 0.246. The molecule has 1 aliphatic carbocycles. The van der Waals surface area contributed by atoms with Crippen LogP contribution >= 0.6 is 0 Å². The van der Waals surface area contributed by atoms with Crippen molar-refractivity contribution in [2.75, 3.05) is 49.7 Å². The van der Waals surface area contributed by atoms with E-state index in [0.29, 0.717) is 19.0 Å². The standard InChI is InChI=1S/C20H32N4O2/c1-23(9-4-7-15-5-2-3-6-15)19-11-18(16-8-10-26-14-16)21-20(22-19)24-12-17(25)13-24/h11,15-17,25H,2-10,12-14H2,1H3/t16-/m1/s1. The van der Waals surface area contributed by atoms with Gasteiger partial charge in [0.25, 0.3) is 0 Å². The lowest BCUT2D eigenvalue weighted by atomic mass is 10.0. The Bertz CT molecular complexity index is 593. The molecule has 6 nitrogen and oxygen atoms in total. The molecule has 0 radical (unpaired) electrons. The third-order valence-electron chi connectivity index (χ3n) is 6.19. The molecular weight excluding hydrogens is 328 g/mol. The fourth-order valence-electron chi connectivity index (χ4n) is 4.40. The lowest BCUT2D eigenvalue weighted by molar-refractivity contribution is 0.140. The third-order valence-corrected chi connectivity index (χ3v) is 6.19. The number of nitrogens with zero attached hydrogens (tertiary/aromatic N) is 4. The summed E-state index contributed by atoms with van der Waals surface area (Å²) in [4.78, 5) is 13.9. The molecule has 1 saturated carbocycles. The van der Waals surface area contributed by atoms with E-state index in [0.717, 1.165) is 49.6 Å². The van der Waals surface area contributed by atoms with Crippen LogP contribution in [0.5, 0.6) is 0 Å². The Morgan fingerprint density at radius 3 is 2.73 bits per heavy atom. The largest absolute Gasteiger partial charge is 0.389 e. The van der Waals surface area contributed by atoms with Crippen LogP contribution in [0.25, 0.3) is 0 Å². The Kier molecular flexibility index (Phi) is 5.60. The minimum Gasteiger partial charge on any atom is -0.389 e. The zero-order valence-electron chi connectivity index (χ0n) is 15.9. The monoisotopic (exact) mass is 360 g/mol. The molecule has 0 unspecified atom stereocenters. The third kappa shape index (κ3) is 4.12. The summed E-state index contributed by atoms with van der Waals surface area (Å²) in [5.41, 5.74) is 1.09. The molecule has 0 bridgehead atoms. The van der Waals surface area contributed by atoms with Crippen molar-refractivity contribution >= 4 is 11.8 Å². The van der Waals surface area contributed by atoms with E-state index in [4.69, 9.17) is 14.7 Å². The maximum absolute atomic E-state index is 9.63. The highest BCUT2D eigenvalue weighted by Crippen LogP contribution is 2.30. The molecule has 1 atom stereocenters. The van der Waals surface area contributed by atoms with Crippen LogP contribution in [-0.2, 0) is 4.74 Å². The fourth-order valence-corrected chi connectivity index (χ4v) is 4.40. The molecule has 2 saturated heterocycles. The van der Waals surface area contributed by atoms with Gasteiger partial charge in [0.15, 0.2) is 0 Å². The second-order valence-electron chi connectivity index (χ2n) is 8.28. The number of hydrogen-bond donors (Lipinski definition) is 1. The van der Waals surface area contributed by atoms with E-state index in [-0.39, 0.29) is 6.10 Å². The first-order valence-electron chi connectivity index (χ1n) is 10.3. The average molecular weight is 361 g/mol. The van der Waals surface area contributed by atoms with Crippen LogP contribution in [0.4, 0.5) is 11.8 Å². The molecule has 3 heterocycles. The van der Waals surface area contributed by atoms with E-state index in [1.807, 2.05) is 0 Å². The van der Waals surface area contributed by atoms with Crippen LogP contribution in [0.1, 0.15) is 56.6 Å². The second-order valence-corrected chi connectivity index (χ2v) is 8.28.